The number of anilines is 1. The third-order valence-corrected chi connectivity index (χ3v) is 3.88. The average Bonchev–Trinajstić information content (AvgIpc) is 2.54. The number of rotatable bonds is 4. The highest BCUT2D eigenvalue weighted by molar-refractivity contribution is 6.34. The van der Waals surface area contributed by atoms with E-state index in [1.807, 2.05) is 0 Å². The van der Waals surface area contributed by atoms with Crippen LogP contribution in [-0.4, -0.2) is 11.8 Å². The lowest BCUT2D eigenvalue weighted by molar-refractivity contribution is -0.137. The Balaban J connectivity index is 2.16. The predicted molar refractivity (Wildman–Crippen MR) is 94.1 cm³/mol. The Morgan fingerprint density at radius 2 is 1.69 bits per heavy atom. The lowest BCUT2D eigenvalue weighted by atomic mass is 10.1. The van der Waals surface area contributed by atoms with E-state index in [2.05, 4.69) is 5.32 Å². The van der Waals surface area contributed by atoms with Gasteiger partial charge >= 0.3 is 6.18 Å². The van der Waals surface area contributed by atoms with Crippen LogP contribution in [0.1, 0.15) is 21.5 Å². The number of primary amides is 1. The molecule has 9 heteroatoms. The van der Waals surface area contributed by atoms with Crippen LogP contribution >= 0.6 is 23.2 Å². The molecule has 2 rings (SSSR count). The maximum Gasteiger partial charge on any atom is 0.417 e. The zero-order valence-electron chi connectivity index (χ0n) is 12.9. The minimum absolute atomic E-state index is 0.0287. The topological polar surface area (TPSA) is 72.2 Å². The summed E-state index contributed by atoms with van der Waals surface area (Å²) in [5.74, 6) is -1.38. The first-order chi connectivity index (χ1) is 12.1. The van der Waals surface area contributed by atoms with Gasteiger partial charge in [0.05, 0.1) is 21.2 Å². The van der Waals surface area contributed by atoms with Crippen LogP contribution in [0.4, 0.5) is 18.9 Å². The summed E-state index contributed by atoms with van der Waals surface area (Å²) >= 11 is 11.3. The Labute approximate surface area is 156 Å². The molecule has 4 nitrogen and oxygen atoms in total. The van der Waals surface area contributed by atoms with Crippen molar-refractivity contribution in [3.8, 4) is 0 Å². The van der Waals surface area contributed by atoms with Crippen molar-refractivity contribution in [1.82, 2.24) is 0 Å². The van der Waals surface area contributed by atoms with Crippen molar-refractivity contribution in [2.24, 2.45) is 5.73 Å². The van der Waals surface area contributed by atoms with E-state index >= 15 is 0 Å². The fourth-order valence-electron chi connectivity index (χ4n) is 2.01. The number of benzene rings is 2. The Bertz CT molecular complexity index is 896. The number of nitrogens with two attached hydrogens (primary N) is 1. The van der Waals surface area contributed by atoms with Gasteiger partial charge in [-0.15, -0.1) is 0 Å². The second-order valence-corrected chi connectivity index (χ2v) is 5.93. The minimum atomic E-state index is -4.60. The van der Waals surface area contributed by atoms with Gasteiger partial charge in [0.1, 0.15) is 0 Å². The molecule has 0 saturated heterocycles. The van der Waals surface area contributed by atoms with Gasteiger partial charge in [-0.1, -0.05) is 29.3 Å². The SMILES string of the molecule is NC(=O)c1cc(NC(=O)/C=C/c2ccc(Cl)c(C(F)(F)F)c2)ccc1Cl. The van der Waals surface area contributed by atoms with Crippen LogP contribution in [0.2, 0.25) is 10.0 Å². The molecule has 0 fully saturated rings. The lowest BCUT2D eigenvalue weighted by Crippen LogP contribution is -2.13. The highest BCUT2D eigenvalue weighted by Crippen LogP contribution is 2.35. The number of alkyl halides is 3. The van der Waals surface area contributed by atoms with Crippen molar-refractivity contribution in [1.29, 1.82) is 0 Å². The summed E-state index contributed by atoms with van der Waals surface area (Å²) in [4.78, 5) is 23.1. The minimum Gasteiger partial charge on any atom is -0.366 e. The van der Waals surface area contributed by atoms with E-state index in [0.29, 0.717) is 0 Å². The van der Waals surface area contributed by atoms with Crippen LogP contribution in [0.15, 0.2) is 42.5 Å². The molecule has 0 unspecified atom stereocenters. The van der Waals surface area contributed by atoms with Crippen molar-refractivity contribution >= 4 is 46.8 Å². The normalized spacial score (nSPS) is 11.6. The van der Waals surface area contributed by atoms with Crippen LogP contribution < -0.4 is 11.1 Å². The summed E-state index contributed by atoms with van der Waals surface area (Å²) in [7, 11) is 0. The Morgan fingerprint density at radius 3 is 2.31 bits per heavy atom. The molecule has 0 spiro atoms. The van der Waals surface area contributed by atoms with Crippen molar-refractivity contribution in [3.63, 3.8) is 0 Å². The Kier molecular flexibility index (Phi) is 5.94. The number of carbonyl (C=O) groups excluding carboxylic acids is 2. The molecule has 0 aliphatic carbocycles. The second kappa shape index (κ2) is 7.80. The molecule has 0 radical (unpaired) electrons. The van der Waals surface area contributed by atoms with Crippen LogP contribution in [0.3, 0.4) is 0 Å². The molecule has 136 valence electrons. The largest absolute Gasteiger partial charge is 0.417 e. The molecule has 0 bridgehead atoms. The summed E-state index contributed by atoms with van der Waals surface area (Å²) in [6.45, 7) is 0. The summed E-state index contributed by atoms with van der Waals surface area (Å²) in [6, 6.07) is 7.40. The Morgan fingerprint density at radius 1 is 1.04 bits per heavy atom. The van der Waals surface area contributed by atoms with E-state index in [-0.39, 0.29) is 21.8 Å². The van der Waals surface area contributed by atoms with Gasteiger partial charge in [-0.2, -0.15) is 13.2 Å². The van der Waals surface area contributed by atoms with Crippen molar-refractivity contribution in [2.75, 3.05) is 5.32 Å². The molecule has 26 heavy (non-hydrogen) atoms. The second-order valence-electron chi connectivity index (χ2n) is 5.12. The highest BCUT2D eigenvalue weighted by atomic mass is 35.5. The number of carbonyl (C=O) groups is 2. The molecule has 2 aromatic rings. The molecule has 0 aromatic heterocycles. The molecule has 2 amide bonds. The van der Waals surface area contributed by atoms with Crippen molar-refractivity contribution in [3.05, 3.63) is 69.2 Å². The van der Waals surface area contributed by atoms with Gasteiger partial charge in [-0.25, -0.2) is 0 Å². The summed E-state index contributed by atoms with van der Waals surface area (Å²) in [6.07, 6.45) is -2.36. The Hall–Kier alpha value is -2.51. The van der Waals surface area contributed by atoms with Crippen molar-refractivity contribution < 1.29 is 22.8 Å². The zero-order chi connectivity index (χ0) is 19.5. The predicted octanol–water partition coefficient (Wildman–Crippen LogP) is 4.76. The molecule has 3 N–H and O–H groups in total. The van der Waals surface area contributed by atoms with Gasteiger partial charge in [-0.05, 0) is 42.0 Å². The molecule has 0 heterocycles. The maximum atomic E-state index is 12.8. The van der Waals surface area contributed by atoms with Crippen LogP contribution in [0, 0.1) is 0 Å². The molecule has 2 aromatic carbocycles. The van der Waals surface area contributed by atoms with Gasteiger partial charge in [-0.3, -0.25) is 9.59 Å². The fraction of sp³-hybridized carbons (Fsp3) is 0.0588. The first-order valence-corrected chi connectivity index (χ1v) is 7.78. The quantitative estimate of drug-likeness (QED) is 0.723. The fourth-order valence-corrected chi connectivity index (χ4v) is 2.45. The summed E-state index contributed by atoms with van der Waals surface area (Å²) < 4.78 is 38.4. The van der Waals surface area contributed by atoms with E-state index in [1.165, 1.54) is 30.3 Å². The summed E-state index contributed by atoms with van der Waals surface area (Å²) in [5.41, 5.74) is 4.59. The number of hydrogen-bond acceptors (Lipinski definition) is 2. The smallest absolute Gasteiger partial charge is 0.366 e. The highest BCUT2D eigenvalue weighted by Gasteiger charge is 2.33. The first kappa shape index (κ1) is 19.8. The lowest BCUT2D eigenvalue weighted by Gasteiger charge is -2.09. The number of hydrogen-bond donors (Lipinski definition) is 2. The van der Waals surface area contributed by atoms with Gasteiger partial charge in [0.15, 0.2) is 0 Å². The molecule has 0 aliphatic heterocycles. The third-order valence-electron chi connectivity index (χ3n) is 3.22. The van der Waals surface area contributed by atoms with E-state index in [9.17, 15) is 22.8 Å². The number of nitrogens with one attached hydrogen (secondary N) is 1. The van der Waals surface area contributed by atoms with Gasteiger partial charge in [0.2, 0.25) is 11.8 Å². The molecule has 0 aliphatic rings. The molecule has 0 saturated carbocycles. The van der Waals surface area contributed by atoms with E-state index in [0.717, 1.165) is 18.2 Å². The standard InChI is InChI=1S/C17H11Cl2F3N2O2/c18-13-5-3-10(8-11(13)16(23)26)24-15(25)6-2-9-1-4-14(19)12(7-9)17(20,21)22/h1-8H,(H2,23,26)(H,24,25)/b6-2+. The summed E-state index contributed by atoms with van der Waals surface area (Å²) in [5, 5.41) is 2.15. The molecular formula is C17H11Cl2F3N2O2. The average molecular weight is 403 g/mol. The number of amides is 2. The van der Waals surface area contributed by atoms with E-state index < -0.39 is 28.6 Å². The third kappa shape index (κ3) is 5.00. The monoisotopic (exact) mass is 402 g/mol. The maximum absolute atomic E-state index is 12.8. The molecule has 0 atom stereocenters. The van der Waals surface area contributed by atoms with Crippen molar-refractivity contribution in [2.45, 2.75) is 6.18 Å². The van der Waals surface area contributed by atoms with Gasteiger partial charge < -0.3 is 11.1 Å². The zero-order valence-corrected chi connectivity index (χ0v) is 14.4. The van der Waals surface area contributed by atoms with Crippen LogP contribution in [-0.2, 0) is 11.0 Å². The van der Waals surface area contributed by atoms with Gasteiger partial charge in [0.25, 0.3) is 0 Å². The van der Waals surface area contributed by atoms with Gasteiger partial charge in [0, 0.05) is 11.8 Å². The van der Waals surface area contributed by atoms with E-state index in [1.54, 1.807) is 0 Å². The van der Waals surface area contributed by atoms with Crippen LogP contribution in [0.25, 0.3) is 6.08 Å². The van der Waals surface area contributed by atoms with Crippen LogP contribution in [0.5, 0.6) is 0 Å². The molecular weight excluding hydrogens is 392 g/mol. The first-order valence-electron chi connectivity index (χ1n) is 7.03. The number of halogens is 5. The van der Waals surface area contributed by atoms with E-state index in [4.69, 9.17) is 28.9 Å².